The number of nitrogens with zero attached hydrogens (tertiary/aromatic N) is 1. The van der Waals surface area contributed by atoms with E-state index in [9.17, 15) is 4.79 Å². The molecule has 1 atom stereocenters. The third kappa shape index (κ3) is 4.68. The number of hydrogen-bond donors (Lipinski definition) is 1. The minimum Gasteiger partial charge on any atom is -0.465 e. The van der Waals surface area contributed by atoms with Crippen LogP contribution >= 0.6 is 11.8 Å². The summed E-state index contributed by atoms with van der Waals surface area (Å²) in [7, 11) is 1.40. The second-order valence-corrected chi connectivity index (χ2v) is 8.81. The van der Waals surface area contributed by atoms with Crippen LogP contribution in [0.3, 0.4) is 0 Å². The normalized spacial score (nSPS) is 15.3. The van der Waals surface area contributed by atoms with Crippen LogP contribution in [-0.4, -0.2) is 24.6 Å². The lowest BCUT2D eigenvalue weighted by atomic mass is 9.83. The van der Waals surface area contributed by atoms with E-state index in [1.165, 1.54) is 40.0 Å². The van der Waals surface area contributed by atoms with Gasteiger partial charge in [0, 0.05) is 28.5 Å². The molecule has 2 aromatic carbocycles. The Balaban J connectivity index is 1.48. The summed E-state index contributed by atoms with van der Waals surface area (Å²) in [5.74, 6) is 0.0691. The number of carbonyl (C=O) groups excluding carboxylic acids is 1. The maximum Gasteiger partial charge on any atom is 0.340 e. The molecule has 0 aliphatic heterocycles. The van der Waals surface area contributed by atoms with Crippen molar-refractivity contribution in [2.45, 2.75) is 41.9 Å². The van der Waals surface area contributed by atoms with Gasteiger partial charge in [-0.2, -0.15) is 0 Å². The predicted molar refractivity (Wildman–Crippen MR) is 121 cm³/mol. The number of methoxy groups -OCH3 is 1. The molecule has 30 heavy (non-hydrogen) atoms. The van der Waals surface area contributed by atoms with Gasteiger partial charge in [0.15, 0.2) is 0 Å². The van der Waals surface area contributed by atoms with Crippen LogP contribution in [0, 0.1) is 6.92 Å². The molecule has 0 saturated heterocycles. The zero-order valence-corrected chi connectivity index (χ0v) is 18.2. The first-order valence-electron chi connectivity index (χ1n) is 10.3. The third-order valence-electron chi connectivity index (χ3n) is 5.57. The first-order chi connectivity index (χ1) is 14.6. The Morgan fingerprint density at radius 1 is 1.17 bits per heavy atom. The van der Waals surface area contributed by atoms with Crippen LogP contribution in [0.25, 0.3) is 0 Å². The second-order valence-electron chi connectivity index (χ2n) is 7.66. The van der Waals surface area contributed by atoms with Gasteiger partial charge in [-0.25, -0.2) is 4.79 Å². The average Bonchev–Trinajstić information content (AvgIpc) is 2.78. The molecule has 0 bridgehead atoms. The number of rotatable bonds is 6. The maximum atomic E-state index is 12.0. The third-order valence-corrected chi connectivity index (χ3v) is 6.57. The molecule has 0 radical (unpaired) electrons. The molecular weight excluding hydrogens is 392 g/mol. The number of nitrogens with one attached hydrogen (secondary N) is 1. The van der Waals surface area contributed by atoms with Crippen LogP contribution in [0.15, 0.2) is 70.7 Å². The molecule has 0 fully saturated rings. The molecule has 0 spiro atoms. The molecule has 1 aliphatic carbocycles. The Hall–Kier alpha value is -2.79. The van der Waals surface area contributed by atoms with Gasteiger partial charge in [0.05, 0.1) is 24.6 Å². The highest BCUT2D eigenvalue weighted by molar-refractivity contribution is 7.99. The van der Waals surface area contributed by atoms with Gasteiger partial charge in [0.1, 0.15) is 0 Å². The van der Waals surface area contributed by atoms with Crippen molar-refractivity contribution in [1.82, 2.24) is 4.98 Å². The number of hydrogen-bond acceptors (Lipinski definition) is 5. The van der Waals surface area contributed by atoms with E-state index in [-0.39, 0.29) is 5.97 Å². The molecule has 0 saturated carbocycles. The number of aromatic nitrogens is 1. The van der Waals surface area contributed by atoms with Gasteiger partial charge in [-0.3, -0.25) is 4.98 Å². The summed E-state index contributed by atoms with van der Waals surface area (Å²) in [5, 5.41) is 3.43. The Morgan fingerprint density at radius 3 is 2.77 bits per heavy atom. The molecule has 0 amide bonds. The largest absolute Gasteiger partial charge is 0.465 e. The lowest BCUT2D eigenvalue weighted by Crippen LogP contribution is -2.19. The lowest BCUT2D eigenvalue weighted by molar-refractivity contribution is 0.0601. The zero-order valence-electron chi connectivity index (χ0n) is 17.4. The van der Waals surface area contributed by atoms with Crippen molar-refractivity contribution < 1.29 is 9.53 Å². The van der Waals surface area contributed by atoms with Crippen LogP contribution in [0.5, 0.6) is 0 Å². The Morgan fingerprint density at radius 2 is 1.97 bits per heavy atom. The fraction of sp³-hybridized carbons (Fsp3) is 0.280. The predicted octanol–water partition coefficient (Wildman–Crippen LogP) is 5.86. The fourth-order valence-corrected chi connectivity index (χ4v) is 4.85. The van der Waals surface area contributed by atoms with E-state index < -0.39 is 0 Å². The first-order valence-corrected chi connectivity index (χ1v) is 11.1. The van der Waals surface area contributed by atoms with Crippen molar-refractivity contribution in [3.63, 3.8) is 0 Å². The summed E-state index contributed by atoms with van der Waals surface area (Å²) in [6.45, 7) is 2.88. The van der Waals surface area contributed by atoms with Gasteiger partial charge in [-0.1, -0.05) is 35.5 Å². The quantitative estimate of drug-likeness (QED) is 0.508. The molecule has 0 unspecified atom stereocenters. The molecule has 3 aromatic rings. The van der Waals surface area contributed by atoms with Crippen LogP contribution < -0.4 is 5.32 Å². The van der Waals surface area contributed by atoms with Gasteiger partial charge in [0.2, 0.25) is 0 Å². The van der Waals surface area contributed by atoms with Crippen molar-refractivity contribution in [2.24, 2.45) is 0 Å². The fourth-order valence-electron chi connectivity index (χ4n) is 3.97. The number of pyridine rings is 1. The molecule has 5 heteroatoms. The first kappa shape index (κ1) is 20.5. The minimum absolute atomic E-state index is 0.346. The highest BCUT2D eigenvalue weighted by atomic mass is 32.2. The van der Waals surface area contributed by atoms with Crippen LogP contribution in [0.4, 0.5) is 5.69 Å². The highest BCUT2D eigenvalue weighted by Crippen LogP contribution is 2.36. The summed E-state index contributed by atoms with van der Waals surface area (Å²) >= 11 is 1.81. The number of anilines is 1. The molecule has 1 N–H and O–H groups in total. The number of carbonyl (C=O) groups is 1. The second kappa shape index (κ2) is 9.35. The summed E-state index contributed by atoms with van der Waals surface area (Å²) in [6, 6.07) is 17.2. The Labute approximate surface area is 182 Å². The van der Waals surface area contributed by atoms with Gasteiger partial charge < -0.3 is 10.1 Å². The van der Waals surface area contributed by atoms with E-state index in [4.69, 9.17) is 4.74 Å². The van der Waals surface area contributed by atoms with Crippen LogP contribution in [0.2, 0.25) is 0 Å². The highest BCUT2D eigenvalue weighted by Gasteiger charge is 2.21. The molecule has 4 rings (SSSR count). The summed E-state index contributed by atoms with van der Waals surface area (Å²) in [4.78, 5) is 18.7. The van der Waals surface area contributed by atoms with Crippen molar-refractivity contribution in [3.05, 3.63) is 83.2 Å². The average molecular weight is 419 g/mol. The van der Waals surface area contributed by atoms with E-state index in [0.29, 0.717) is 11.5 Å². The topological polar surface area (TPSA) is 51.2 Å². The van der Waals surface area contributed by atoms with E-state index in [1.807, 2.05) is 11.8 Å². The molecule has 1 aliphatic rings. The minimum atomic E-state index is -0.346. The van der Waals surface area contributed by atoms with Gasteiger partial charge >= 0.3 is 5.97 Å². The molecular formula is C25H26N2O2S. The van der Waals surface area contributed by atoms with Crippen LogP contribution in [-0.2, 0) is 11.2 Å². The molecule has 1 aromatic heterocycles. The van der Waals surface area contributed by atoms with E-state index in [2.05, 4.69) is 59.7 Å². The molecule has 4 nitrogen and oxygen atoms in total. The standard InChI is InChI=1S/C25H26N2O2S/c1-17-6-8-20(9-7-17)30-21-10-11-22-18(14-21)4-3-5-19(22)15-27-24-16-26-13-12-23(24)25(28)29-2/h6-14,16,19,27H,3-5,15H2,1-2H3/t19-/m0/s1. The monoisotopic (exact) mass is 418 g/mol. The number of fused-ring (bicyclic) bond motifs is 1. The van der Waals surface area contributed by atoms with Crippen molar-refractivity contribution in [1.29, 1.82) is 0 Å². The van der Waals surface area contributed by atoms with Gasteiger partial charge in [0.25, 0.3) is 0 Å². The Bertz CT molecular complexity index is 1030. The lowest BCUT2D eigenvalue weighted by Gasteiger charge is -2.27. The van der Waals surface area contributed by atoms with E-state index in [1.54, 1.807) is 18.5 Å². The number of esters is 1. The van der Waals surface area contributed by atoms with E-state index >= 15 is 0 Å². The maximum absolute atomic E-state index is 12.0. The summed E-state index contributed by atoms with van der Waals surface area (Å²) in [6.07, 6.45) is 6.74. The summed E-state index contributed by atoms with van der Waals surface area (Å²) in [5.41, 5.74) is 5.37. The number of ether oxygens (including phenoxy) is 1. The molecule has 154 valence electrons. The smallest absolute Gasteiger partial charge is 0.340 e. The number of aryl methyl sites for hydroxylation is 2. The molecule has 1 heterocycles. The Kier molecular flexibility index (Phi) is 6.38. The van der Waals surface area contributed by atoms with Crippen molar-refractivity contribution >= 4 is 23.4 Å². The number of benzene rings is 2. The summed E-state index contributed by atoms with van der Waals surface area (Å²) < 4.78 is 4.88. The van der Waals surface area contributed by atoms with Gasteiger partial charge in [-0.05, 0) is 67.6 Å². The van der Waals surface area contributed by atoms with Crippen molar-refractivity contribution in [3.8, 4) is 0 Å². The van der Waals surface area contributed by atoms with Gasteiger partial charge in [-0.15, -0.1) is 0 Å². The zero-order chi connectivity index (χ0) is 20.9. The van der Waals surface area contributed by atoms with Crippen molar-refractivity contribution in [2.75, 3.05) is 19.0 Å². The van der Waals surface area contributed by atoms with Crippen LogP contribution in [0.1, 0.15) is 45.8 Å². The van der Waals surface area contributed by atoms with E-state index in [0.717, 1.165) is 25.1 Å². The SMILES string of the molecule is COC(=O)c1ccncc1NC[C@@H]1CCCc2cc(Sc3ccc(C)cc3)ccc21.